The van der Waals surface area contributed by atoms with Crippen LogP contribution in [0.3, 0.4) is 0 Å². The van der Waals surface area contributed by atoms with Crippen LogP contribution in [0.5, 0.6) is 5.75 Å². The minimum atomic E-state index is -4.62. The molecule has 0 amide bonds. The summed E-state index contributed by atoms with van der Waals surface area (Å²) in [5, 5.41) is 5.88. The van der Waals surface area contributed by atoms with E-state index in [9.17, 15) is 13.2 Å². The van der Waals surface area contributed by atoms with Gasteiger partial charge in [-0.2, -0.15) is 18.2 Å². The van der Waals surface area contributed by atoms with Gasteiger partial charge in [0.25, 0.3) is 0 Å². The number of aromatic nitrogens is 2. The Balaban J connectivity index is 1.51. The number of para-hydroxylation sites is 1. The highest BCUT2D eigenvalue weighted by atomic mass is 35.5. The third-order valence-electron chi connectivity index (χ3n) is 5.19. The molecule has 1 fully saturated rings. The zero-order chi connectivity index (χ0) is 22.6. The van der Waals surface area contributed by atoms with Crippen molar-refractivity contribution in [3.05, 3.63) is 65.3 Å². The summed E-state index contributed by atoms with van der Waals surface area (Å²) >= 11 is 6.08. The molecule has 32 heavy (non-hydrogen) atoms. The van der Waals surface area contributed by atoms with Gasteiger partial charge in [0.05, 0.1) is 16.8 Å². The molecule has 168 valence electrons. The quantitative estimate of drug-likeness (QED) is 0.401. The van der Waals surface area contributed by atoms with Crippen molar-refractivity contribution in [3.63, 3.8) is 0 Å². The SMILES string of the molecule is FC(F)(F)c1cnc(Nc2ccc(OC3CCCCC3)cc2)nc1Nc1ccccc1Cl. The number of nitrogens with zero attached hydrogens (tertiary/aromatic N) is 2. The molecule has 1 heterocycles. The number of ether oxygens (including phenoxy) is 1. The summed E-state index contributed by atoms with van der Waals surface area (Å²) < 4.78 is 46.4. The van der Waals surface area contributed by atoms with Crippen molar-refractivity contribution in [1.82, 2.24) is 9.97 Å². The van der Waals surface area contributed by atoms with Crippen LogP contribution >= 0.6 is 11.6 Å². The van der Waals surface area contributed by atoms with E-state index < -0.39 is 11.7 Å². The molecule has 0 radical (unpaired) electrons. The van der Waals surface area contributed by atoms with Gasteiger partial charge in [-0.25, -0.2) is 4.98 Å². The Morgan fingerprint density at radius 3 is 2.34 bits per heavy atom. The predicted octanol–water partition coefficient (Wildman–Crippen LogP) is 7.35. The highest BCUT2D eigenvalue weighted by Gasteiger charge is 2.35. The molecule has 4 rings (SSSR count). The molecule has 9 heteroatoms. The minimum absolute atomic E-state index is 0.0218. The van der Waals surface area contributed by atoms with Crippen molar-refractivity contribution < 1.29 is 17.9 Å². The number of benzene rings is 2. The van der Waals surface area contributed by atoms with Crippen LogP contribution in [0.1, 0.15) is 37.7 Å². The Labute approximate surface area is 189 Å². The summed E-state index contributed by atoms with van der Waals surface area (Å²) in [6, 6.07) is 13.7. The summed E-state index contributed by atoms with van der Waals surface area (Å²) in [6.45, 7) is 0. The molecule has 0 saturated heterocycles. The van der Waals surface area contributed by atoms with Crippen LogP contribution in [0.4, 0.5) is 36.3 Å². The van der Waals surface area contributed by atoms with E-state index in [0.717, 1.165) is 24.8 Å². The second-order valence-electron chi connectivity index (χ2n) is 7.59. The van der Waals surface area contributed by atoms with E-state index in [1.54, 1.807) is 36.4 Å². The number of alkyl halides is 3. The maximum Gasteiger partial charge on any atom is 0.421 e. The molecule has 1 aliphatic rings. The summed E-state index contributed by atoms with van der Waals surface area (Å²) in [5.41, 5.74) is -0.0443. The van der Waals surface area contributed by atoms with Gasteiger partial charge >= 0.3 is 6.18 Å². The summed E-state index contributed by atoms with van der Waals surface area (Å²) in [4.78, 5) is 7.88. The first-order valence-electron chi connectivity index (χ1n) is 10.4. The first-order chi connectivity index (χ1) is 15.4. The average molecular weight is 463 g/mol. The molecule has 0 spiro atoms. The van der Waals surface area contributed by atoms with Gasteiger partial charge in [-0.3, -0.25) is 0 Å². The number of hydrogen-bond acceptors (Lipinski definition) is 5. The van der Waals surface area contributed by atoms with Crippen LogP contribution in [-0.4, -0.2) is 16.1 Å². The molecule has 1 saturated carbocycles. The largest absolute Gasteiger partial charge is 0.490 e. The van der Waals surface area contributed by atoms with Crippen LogP contribution in [0.2, 0.25) is 5.02 Å². The fourth-order valence-corrected chi connectivity index (χ4v) is 3.74. The molecule has 0 aliphatic heterocycles. The van der Waals surface area contributed by atoms with Gasteiger partial charge in [0.1, 0.15) is 17.1 Å². The number of halogens is 4. The fraction of sp³-hybridized carbons (Fsp3) is 0.304. The fourth-order valence-electron chi connectivity index (χ4n) is 3.56. The van der Waals surface area contributed by atoms with Gasteiger partial charge in [-0.1, -0.05) is 30.2 Å². The third kappa shape index (κ3) is 5.62. The first-order valence-corrected chi connectivity index (χ1v) is 10.8. The molecule has 3 aromatic rings. The molecule has 0 atom stereocenters. The highest BCUT2D eigenvalue weighted by Crippen LogP contribution is 2.36. The topological polar surface area (TPSA) is 59.1 Å². The number of hydrogen-bond donors (Lipinski definition) is 2. The second kappa shape index (κ2) is 9.65. The van der Waals surface area contributed by atoms with Crippen molar-refractivity contribution in [2.45, 2.75) is 44.4 Å². The van der Waals surface area contributed by atoms with Crippen molar-refractivity contribution in [1.29, 1.82) is 0 Å². The summed E-state index contributed by atoms with van der Waals surface area (Å²) in [6.07, 6.45) is 2.08. The minimum Gasteiger partial charge on any atom is -0.490 e. The molecular formula is C23H22ClF3N4O. The Bertz CT molecular complexity index is 1050. The monoisotopic (exact) mass is 462 g/mol. The zero-order valence-corrected chi connectivity index (χ0v) is 17.9. The van der Waals surface area contributed by atoms with Gasteiger partial charge in [0, 0.05) is 11.9 Å². The Morgan fingerprint density at radius 2 is 1.66 bits per heavy atom. The molecular weight excluding hydrogens is 441 g/mol. The molecule has 2 aromatic carbocycles. The van der Waals surface area contributed by atoms with Crippen LogP contribution in [0, 0.1) is 0 Å². The van der Waals surface area contributed by atoms with E-state index in [1.165, 1.54) is 19.3 Å². The Kier molecular flexibility index (Phi) is 6.69. The van der Waals surface area contributed by atoms with Crippen LogP contribution in [0.15, 0.2) is 54.7 Å². The lowest BCUT2D eigenvalue weighted by Gasteiger charge is -2.23. The lowest BCUT2D eigenvalue weighted by molar-refractivity contribution is -0.137. The summed E-state index contributed by atoms with van der Waals surface area (Å²) in [5.74, 6) is 0.394. The van der Waals surface area contributed by atoms with Gasteiger partial charge in [-0.15, -0.1) is 0 Å². The summed E-state index contributed by atoms with van der Waals surface area (Å²) in [7, 11) is 0. The normalized spacial score (nSPS) is 14.8. The second-order valence-corrected chi connectivity index (χ2v) is 7.99. The maximum atomic E-state index is 13.5. The van der Waals surface area contributed by atoms with E-state index in [1.807, 2.05) is 12.1 Å². The number of rotatable bonds is 6. The van der Waals surface area contributed by atoms with Gasteiger partial charge in [-0.05, 0) is 62.1 Å². The first kappa shape index (κ1) is 22.2. The lowest BCUT2D eigenvalue weighted by atomic mass is 9.98. The molecule has 5 nitrogen and oxygen atoms in total. The Hall–Kier alpha value is -3.00. The van der Waals surface area contributed by atoms with Gasteiger partial charge in [0.15, 0.2) is 0 Å². The number of nitrogens with one attached hydrogen (secondary N) is 2. The van der Waals surface area contributed by atoms with E-state index in [2.05, 4.69) is 20.6 Å². The van der Waals surface area contributed by atoms with Gasteiger partial charge < -0.3 is 15.4 Å². The van der Waals surface area contributed by atoms with Crippen molar-refractivity contribution in [3.8, 4) is 5.75 Å². The predicted molar refractivity (Wildman–Crippen MR) is 119 cm³/mol. The highest BCUT2D eigenvalue weighted by molar-refractivity contribution is 6.33. The van der Waals surface area contributed by atoms with Crippen molar-refractivity contribution in [2.75, 3.05) is 10.6 Å². The maximum absolute atomic E-state index is 13.5. The van der Waals surface area contributed by atoms with Crippen molar-refractivity contribution >= 4 is 34.7 Å². The van der Waals surface area contributed by atoms with Crippen molar-refractivity contribution in [2.24, 2.45) is 0 Å². The van der Waals surface area contributed by atoms with Crippen LogP contribution in [0.25, 0.3) is 0 Å². The lowest BCUT2D eigenvalue weighted by Crippen LogP contribution is -2.19. The molecule has 1 aliphatic carbocycles. The smallest absolute Gasteiger partial charge is 0.421 e. The molecule has 0 bridgehead atoms. The zero-order valence-electron chi connectivity index (χ0n) is 17.1. The van der Waals surface area contributed by atoms with E-state index in [0.29, 0.717) is 11.4 Å². The average Bonchev–Trinajstić information content (AvgIpc) is 2.77. The molecule has 0 unspecified atom stereocenters. The Morgan fingerprint density at radius 1 is 0.938 bits per heavy atom. The van der Waals surface area contributed by atoms with E-state index in [-0.39, 0.29) is 22.9 Å². The van der Waals surface area contributed by atoms with Crippen LogP contribution < -0.4 is 15.4 Å². The van der Waals surface area contributed by atoms with E-state index >= 15 is 0 Å². The molecule has 2 N–H and O–H groups in total. The van der Waals surface area contributed by atoms with Gasteiger partial charge in [0.2, 0.25) is 5.95 Å². The molecule has 1 aromatic heterocycles. The number of anilines is 4. The van der Waals surface area contributed by atoms with E-state index in [4.69, 9.17) is 16.3 Å². The standard InChI is InChI=1S/C23H22ClF3N4O/c24-19-8-4-5-9-20(19)30-21-18(23(25,26)27)14-28-22(31-21)29-15-10-12-17(13-11-15)32-16-6-2-1-3-7-16/h4-5,8-14,16H,1-3,6-7H2,(H2,28,29,30,31). The third-order valence-corrected chi connectivity index (χ3v) is 5.52. The van der Waals surface area contributed by atoms with Crippen LogP contribution in [-0.2, 0) is 6.18 Å².